The highest BCUT2D eigenvalue weighted by molar-refractivity contribution is 5.05. The zero-order valence-electron chi connectivity index (χ0n) is 13.6. The first-order chi connectivity index (χ1) is 9.40. The second kappa shape index (κ2) is 6.62. The molecule has 2 aliphatic carbocycles. The van der Waals surface area contributed by atoms with Crippen molar-refractivity contribution in [2.45, 2.75) is 89.8 Å². The lowest BCUT2D eigenvalue weighted by Gasteiger charge is -2.44. The van der Waals surface area contributed by atoms with Gasteiger partial charge in [-0.1, -0.05) is 31.4 Å². The van der Waals surface area contributed by atoms with Gasteiger partial charge in [-0.05, 0) is 64.7 Å². The normalized spacial score (nSPS) is 37.6. The van der Waals surface area contributed by atoms with Crippen molar-refractivity contribution < 1.29 is 5.11 Å². The fourth-order valence-electron chi connectivity index (χ4n) is 4.08. The van der Waals surface area contributed by atoms with Crippen molar-refractivity contribution in [3.8, 4) is 0 Å². The maximum Gasteiger partial charge on any atom is 0.0772 e. The molecule has 20 heavy (non-hydrogen) atoms. The first kappa shape index (κ1) is 16.0. The third-order valence-corrected chi connectivity index (χ3v) is 5.79. The van der Waals surface area contributed by atoms with Gasteiger partial charge in [-0.25, -0.2) is 0 Å². The fourth-order valence-corrected chi connectivity index (χ4v) is 4.08. The van der Waals surface area contributed by atoms with Gasteiger partial charge in [0.25, 0.3) is 0 Å². The summed E-state index contributed by atoms with van der Waals surface area (Å²) in [6, 6.07) is 0.741. The molecule has 2 heteroatoms. The van der Waals surface area contributed by atoms with Crippen molar-refractivity contribution in [2.75, 3.05) is 0 Å². The topological polar surface area (TPSA) is 32.3 Å². The summed E-state index contributed by atoms with van der Waals surface area (Å²) in [6.45, 7) is 10.6. The Balaban J connectivity index is 1.95. The van der Waals surface area contributed by atoms with Crippen molar-refractivity contribution >= 4 is 0 Å². The second-order valence-corrected chi connectivity index (χ2v) is 7.58. The Morgan fingerprint density at radius 1 is 1.25 bits per heavy atom. The number of hydrogen-bond donors (Lipinski definition) is 2. The highest BCUT2D eigenvalue weighted by Crippen LogP contribution is 2.36. The summed E-state index contributed by atoms with van der Waals surface area (Å²) in [7, 11) is 0. The van der Waals surface area contributed by atoms with Crippen LogP contribution in [0.4, 0.5) is 0 Å². The molecule has 0 unspecified atom stereocenters. The van der Waals surface area contributed by atoms with Crippen LogP contribution in [-0.2, 0) is 0 Å². The zero-order chi connectivity index (χ0) is 14.8. The summed E-state index contributed by atoms with van der Waals surface area (Å²) in [4.78, 5) is 0. The van der Waals surface area contributed by atoms with Gasteiger partial charge in [0.15, 0.2) is 0 Å². The lowest BCUT2D eigenvalue weighted by molar-refractivity contribution is -0.0261. The van der Waals surface area contributed by atoms with Crippen molar-refractivity contribution in [2.24, 2.45) is 11.8 Å². The standard InChI is InChI=1S/C18H33NO/c1-13(2)16-10-11-18(4,20)17(12-16)19-14(3)15-8-6-5-7-9-15/h14-17,19-20H,1,5-12H2,2-4H3/t14-,16-,17+,18+/m0/s1. The first-order valence-corrected chi connectivity index (χ1v) is 8.54. The molecular weight excluding hydrogens is 246 g/mol. The molecule has 0 bridgehead atoms. The molecule has 0 aromatic carbocycles. The smallest absolute Gasteiger partial charge is 0.0772 e. The van der Waals surface area contributed by atoms with E-state index in [2.05, 4.69) is 25.7 Å². The summed E-state index contributed by atoms with van der Waals surface area (Å²) < 4.78 is 0. The van der Waals surface area contributed by atoms with E-state index in [1.807, 2.05) is 6.92 Å². The minimum absolute atomic E-state index is 0.217. The molecule has 2 nitrogen and oxygen atoms in total. The van der Waals surface area contributed by atoms with Crippen LogP contribution < -0.4 is 5.32 Å². The van der Waals surface area contributed by atoms with Crippen LogP contribution in [0.5, 0.6) is 0 Å². The molecular formula is C18H33NO. The van der Waals surface area contributed by atoms with Crippen LogP contribution in [0.1, 0.15) is 72.1 Å². The second-order valence-electron chi connectivity index (χ2n) is 7.58. The van der Waals surface area contributed by atoms with Gasteiger partial charge < -0.3 is 10.4 Å². The molecule has 0 amide bonds. The molecule has 2 rings (SSSR count). The van der Waals surface area contributed by atoms with Gasteiger partial charge in [-0.3, -0.25) is 0 Å². The van der Waals surface area contributed by atoms with E-state index in [4.69, 9.17) is 0 Å². The maximum atomic E-state index is 10.7. The van der Waals surface area contributed by atoms with Crippen LogP contribution in [0.15, 0.2) is 12.2 Å². The number of allylic oxidation sites excluding steroid dienone is 1. The molecule has 2 N–H and O–H groups in total. The Kier molecular flexibility index (Phi) is 5.30. The van der Waals surface area contributed by atoms with Crippen molar-refractivity contribution in [1.29, 1.82) is 0 Å². The van der Waals surface area contributed by atoms with E-state index >= 15 is 0 Å². The van der Waals surface area contributed by atoms with Gasteiger partial charge in [0.2, 0.25) is 0 Å². The van der Waals surface area contributed by atoms with Crippen molar-refractivity contribution in [3.63, 3.8) is 0 Å². The average Bonchev–Trinajstić information content (AvgIpc) is 2.41. The molecule has 0 radical (unpaired) electrons. The molecule has 4 atom stereocenters. The fraction of sp³-hybridized carbons (Fsp3) is 0.889. The van der Waals surface area contributed by atoms with Gasteiger partial charge in [-0.15, -0.1) is 0 Å². The monoisotopic (exact) mass is 279 g/mol. The van der Waals surface area contributed by atoms with Gasteiger partial charge in [-0.2, -0.15) is 0 Å². The zero-order valence-corrected chi connectivity index (χ0v) is 13.6. The van der Waals surface area contributed by atoms with Crippen LogP contribution in [0, 0.1) is 11.8 Å². The molecule has 0 saturated heterocycles. The number of nitrogens with one attached hydrogen (secondary N) is 1. The summed E-state index contributed by atoms with van der Waals surface area (Å²) in [6.07, 6.45) is 9.89. The van der Waals surface area contributed by atoms with Crippen molar-refractivity contribution in [3.05, 3.63) is 12.2 Å². The predicted octanol–water partition coefficient (Wildman–Crippen LogP) is 4.04. The summed E-state index contributed by atoms with van der Waals surface area (Å²) in [5, 5.41) is 14.5. The predicted molar refractivity (Wildman–Crippen MR) is 85.7 cm³/mol. The van der Waals surface area contributed by atoms with E-state index in [9.17, 15) is 5.11 Å². The van der Waals surface area contributed by atoms with Gasteiger partial charge >= 0.3 is 0 Å². The molecule has 0 heterocycles. The Morgan fingerprint density at radius 3 is 2.50 bits per heavy atom. The quantitative estimate of drug-likeness (QED) is 0.761. The maximum absolute atomic E-state index is 10.7. The van der Waals surface area contributed by atoms with E-state index in [1.54, 1.807) is 0 Å². The molecule has 0 aromatic rings. The average molecular weight is 279 g/mol. The minimum atomic E-state index is -0.561. The minimum Gasteiger partial charge on any atom is -0.389 e. The molecule has 0 aromatic heterocycles. The van der Waals surface area contributed by atoms with E-state index in [-0.39, 0.29) is 6.04 Å². The highest BCUT2D eigenvalue weighted by Gasteiger charge is 2.39. The molecule has 2 aliphatic rings. The van der Waals surface area contributed by atoms with E-state index < -0.39 is 5.60 Å². The van der Waals surface area contributed by atoms with Crippen LogP contribution in [0.2, 0.25) is 0 Å². The van der Waals surface area contributed by atoms with Crippen molar-refractivity contribution in [1.82, 2.24) is 5.32 Å². The molecule has 2 saturated carbocycles. The van der Waals surface area contributed by atoms with Gasteiger partial charge in [0, 0.05) is 12.1 Å². The largest absolute Gasteiger partial charge is 0.389 e. The van der Waals surface area contributed by atoms with Crippen LogP contribution in [0.25, 0.3) is 0 Å². The van der Waals surface area contributed by atoms with Crippen LogP contribution in [-0.4, -0.2) is 22.8 Å². The Labute approximate surface area is 125 Å². The SMILES string of the molecule is C=C(C)[C@H]1CC[C@@](C)(O)[C@H](N[C@@H](C)C2CCCCC2)C1. The molecule has 2 fully saturated rings. The van der Waals surface area contributed by atoms with E-state index in [1.165, 1.54) is 37.7 Å². The summed E-state index contributed by atoms with van der Waals surface area (Å²) in [5.74, 6) is 1.37. The molecule has 116 valence electrons. The Hall–Kier alpha value is -0.340. The summed E-state index contributed by atoms with van der Waals surface area (Å²) >= 11 is 0. The molecule has 0 spiro atoms. The third-order valence-electron chi connectivity index (χ3n) is 5.79. The Morgan fingerprint density at radius 2 is 1.90 bits per heavy atom. The lowest BCUT2D eigenvalue weighted by Crippen LogP contribution is -2.56. The first-order valence-electron chi connectivity index (χ1n) is 8.54. The number of aliphatic hydroxyl groups is 1. The van der Waals surface area contributed by atoms with Crippen LogP contribution >= 0.6 is 0 Å². The Bertz CT molecular complexity index is 330. The number of hydrogen-bond acceptors (Lipinski definition) is 2. The van der Waals surface area contributed by atoms with Gasteiger partial charge in [0.05, 0.1) is 5.60 Å². The van der Waals surface area contributed by atoms with E-state index in [0.29, 0.717) is 12.0 Å². The van der Waals surface area contributed by atoms with Gasteiger partial charge in [0.1, 0.15) is 0 Å². The highest BCUT2D eigenvalue weighted by atomic mass is 16.3. The van der Waals surface area contributed by atoms with E-state index in [0.717, 1.165) is 25.2 Å². The summed E-state index contributed by atoms with van der Waals surface area (Å²) in [5.41, 5.74) is 0.715. The van der Waals surface area contributed by atoms with Crippen LogP contribution in [0.3, 0.4) is 0 Å². The number of rotatable bonds is 4. The molecule has 0 aliphatic heterocycles. The third kappa shape index (κ3) is 3.85. The lowest BCUT2D eigenvalue weighted by atomic mass is 9.73.